The van der Waals surface area contributed by atoms with Crippen molar-refractivity contribution in [2.45, 2.75) is 33.1 Å². The van der Waals surface area contributed by atoms with Crippen LogP contribution in [0.1, 0.15) is 27.7 Å². The topological polar surface area (TPSA) is 29.5 Å². The highest BCUT2D eigenvalue weighted by Crippen LogP contribution is 2.35. The van der Waals surface area contributed by atoms with Crippen LogP contribution in [0.2, 0.25) is 0 Å². The van der Waals surface area contributed by atoms with Gasteiger partial charge in [0.15, 0.2) is 0 Å². The maximum atomic E-state index is 11.8. The molecule has 3 nitrogen and oxygen atoms in total. The standard InChI is InChI=1S/C12H22ClNO2/c1-5-16-7-10-6-14(8-12(10,3)4)11(15)9(2)13/h9-10H,5-8H2,1-4H3/t9-,10+/m0/s1. The van der Waals surface area contributed by atoms with Crippen LogP contribution in [0.15, 0.2) is 0 Å². The summed E-state index contributed by atoms with van der Waals surface area (Å²) < 4.78 is 5.47. The van der Waals surface area contributed by atoms with E-state index in [1.54, 1.807) is 6.92 Å². The van der Waals surface area contributed by atoms with Gasteiger partial charge in [0.25, 0.3) is 0 Å². The monoisotopic (exact) mass is 247 g/mol. The first-order chi connectivity index (χ1) is 7.38. The van der Waals surface area contributed by atoms with Crippen LogP contribution in [-0.2, 0) is 9.53 Å². The molecule has 2 atom stereocenters. The highest BCUT2D eigenvalue weighted by atomic mass is 35.5. The summed E-state index contributed by atoms with van der Waals surface area (Å²) >= 11 is 5.83. The van der Waals surface area contributed by atoms with Gasteiger partial charge in [0.05, 0.1) is 6.61 Å². The molecule has 0 saturated carbocycles. The van der Waals surface area contributed by atoms with E-state index < -0.39 is 5.38 Å². The molecular formula is C12H22ClNO2. The Morgan fingerprint density at radius 3 is 2.75 bits per heavy atom. The number of amides is 1. The Hall–Kier alpha value is -0.280. The first-order valence-electron chi connectivity index (χ1n) is 5.89. The maximum Gasteiger partial charge on any atom is 0.240 e. The third-order valence-electron chi connectivity index (χ3n) is 3.32. The molecule has 0 aliphatic carbocycles. The van der Waals surface area contributed by atoms with Gasteiger partial charge in [-0.3, -0.25) is 4.79 Å². The number of ether oxygens (including phenoxy) is 1. The molecule has 0 unspecified atom stereocenters. The molecule has 1 aliphatic heterocycles. The molecule has 4 heteroatoms. The Labute approximate surface area is 103 Å². The molecule has 16 heavy (non-hydrogen) atoms. The van der Waals surface area contributed by atoms with Crippen molar-refractivity contribution in [3.63, 3.8) is 0 Å². The van der Waals surface area contributed by atoms with Crippen molar-refractivity contribution in [3.8, 4) is 0 Å². The number of likely N-dealkylation sites (tertiary alicyclic amines) is 1. The Bertz CT molecular complexity index is 253. The zero-order chi connectivity index (χ0) is 12.3. The van der Waals surface area contributed by atoms with Gasteiger partial charge >= 0.3 is 0 Å². The fourth-order valence-corrected chi connectivity index (χ4v) is 2.29. The molecule has 0 aromatic rings. The van der Waals surface area contributed by atoms with Crippen molar-refractivity contribution in [2.24, 2.45) is 11.3 Å². The summed E-state index contributed by atoms with van der Waals surface area (Å²) in [6, 6.07) is 0. The summed E-state index contributed by atoms with van der Waals surface area (Å²) in [7, 11) is 0. The number of halogens is 1. The lowest BCUT2D eigenvalue weighted by Crippen LogP contribution is -2.34. The number of alkyl halides is 1. The third-order valence-corrected chi connectivity index (χ3v) is 3.51. The van der Waals surface area contributed by atoms with Gasteiger partial charge < -0.3 is 9.64 Å². The Balaban J connectivity index is 2.60. The van der Waals surface area contributed by atoms with Crippen LogP contribution in [0.4, 0.5) is 0 Å². The van der Waals surface area contributed by atoms with Crippen molar-refractivity contribution in [3.05, 3.63) is 0 Å². The highest BCUT2D eigenvalue weighted by molar-refractivity contribution is 6.30. The molecule has 0 spiro atoms. The summed E-state index contributed by atoms with van der Waals surface area (Å²) in [5.41, 5.74) is 0.122. The van der Waals surface area contributed by atoms with Crippen molar-refractivity contribution in [2.75, 3.05) is 26.3 Å². The van der Waals surface area contributed by atoms with E-state index in [2.05, 4.69) is 13.8 Å². The molecule has 1 aliphatic rings. The van der Waals surface area contributed by atoms with Gasteiger partial charge in [0.2, 0.25) is 5.91 Å². The first kappa shape index (κ1) is 13.8. The van der Waals surface area contributed by atoms with E-state index in [4.69, 9.17) is 16.3 Å². The molecule has 1 rings (SSSR count). The fourth-order valence-electron chi connectivity index (χ4n) is 2.16. The molecular weight excluding hydrogens is 226 g/mol. The molecule has 0 aromatic carbocycles. The van der Waals surface area contributed by atoms with Gasteiger partial charge in [-0.15, -0.1) is 11.6 Å². The highest BCUT2D eigenvalue weighted by Gasteiger charge is 2.41. The lowest BCUT2D eigenvalue weighted by Gasteiger charge is -2.24. The molecule has 0 radical (unpaired) electrons. The number of nitrogens with zero attached hydrogens (tertiary/aromatic N) is 1. The van der Waals surface area contributed by atoms with Crippen LogP contribution >= 0.6 is 11.6 Å². The Kier molecular flexibility index (Phi) is 4.62. The van der Waals surface area contributed by atoms with Gasteiger partial charge in [0, 0.05) is 25.6 Å². The summed E-state index contributed by atoms with van der Waals surface area (Å²) in [5, 5.41) is -0.429. The van der Waals surface area contributed by atoms with E-state index in [1.807, 2.05) is 11.8 Å². The van der Waals surface area contributed by atoms with Gasteiger partial charge in [-0.1, -0.05) is 13.8 Å². The number of hydrogen-bond donors (Lipinski definition) is 0. The molecule has 1 heterocycles. The van der Waals surface area contributed by atoms with E-state index in [0.29, 0.717) is 5.92 Å². The van der Waals surface area contributed by atoms with E-state index in [-0.39, 0.29) is 11.3 Å². The average molecular weight is 248 g/mol. The van der Waals surface area contributed by atoms with Crippen molar-refractivity contribution >= 4 is 17.5 Å². The van der Waals surface area contributed by atoms with Crippen molar-refractivity contribution < 1.29 is 9.53 Å². The second kappa shape index (κ2) is 5.37. The van der Waals surface area contributed by atoms with E-state index >= 15 is 0 Å². The number of carbonyl (C=O) groups excluding carboxylic acids is 1. The quantitative estimate of drug-likeness (QED) is 0.713. The molecule has 0 aromatic heterocycles. The van der Waals surface area contributed by atoms with E-state index in [0.717, 1.165) is 26.3 Å². The average Bonchev–Trinajstić information content (AvgIpc) is 2.49. The van der Waals surface area contributed by atoms with Gasteiger partial charge in [-0.05, 0) is 19.3 Å². The molecule has 1 saturated heterocycles. The Morgan fingerprint density at radius 1 is 1.62 bits per heavy atom. The minimum atomic E-state index is -0.429. The number of carbonyl (C=O) groups is 1. The van der Waals surface area contributed by atoms with Gasteiger partial charge in [-0.25, -0.2) is 0 Å². The minimum absolute atomic E-state index is 0.0359. The first-order valence-corrected chi connectivity index (χ1v) is 6.32. The maximum absolute atomic E-state index is 11.8. The smallest absolute Gasteiger partial charge is 0.240 e. The van der Waals surface area contributed by atoms with Crippen LogP contribution < -0.4 is 0 Å². The molecule has 0 N–H and O–H groups in total. The van der Waals surface area contributed by atoms with Crippen molar-refractivity contribution in [1.29, 1.82) is 0 Å². The second-order valence-electron chi connectivity index (χ2n) is 5.18. The normalized spacial score (nSPS) is 25.8. The largest absolute Gasteiger partial charge is 0.381 e. The predicted octanol–water partition coefficient (Wildman–Crippen LogP) is 2.13. The Morgan fingerprint density at radius 2 is 2.25 bits per heavy atom. The summed E-state index contributed by atoms with van der Waals surface area (Å²) in [5.74, 6) is 0.445. The molecule has 1 fully saturated rings. The van der Waals surface area contributed by atoms with Crippen LogP contribution in [0.5, 0.6) is 0 Å². The zero-order valence-electron chi connectivity index (χ0n) is 10.6. The fraction of sp³-hybridized carbons (Fsp3) is 0.917. The van der Waals surface area contributed by atoms with E-state index in [1.165, 1.54) is 0 Å². The third kappa shape index (κ3) is 3.11. The van der Waals surface area contributed by atoms with Crippen LogP contribution in [0.3, 0.4) is 0 Å². The van der Waals surface area contributed by atoms with Gasteiger partial charge in [0.1, 0.15) is 5.38 Å². The second-order valence-corrected chi connectivity index (χ2v) is 5.83. The van der Waals surface area contributed by atoms with Crippen LogP contribution in [0, 0.1) is 11.3 Å². The molecule has 0 bridgehead atoms. The lowest BCUT2D eigenvalue weighted by molar-refractivity contribution is -0.129. The SMILES string of the molecule is CCOC[C@H]1CN(C(=O)[C@H](C)Cl)CC1(C)C. The predicted molar refractivity (Wildman–Crippen MR) is 65.7 cm³/mol. The van der Waals surface area contributed by atoms with Crippen LogP contribution in [-0.4, -0.2) is 42.5 Å². The molecule has 94 valence electrons. The van der Waals surface area contributed by atoms with Gasteiger partial charge in [-0.2, -0.15) is 0 Å². The number of hydrogen-bond acceptors (Lipinski definition) is 2. The zero-order valence-corrected chi connectivity index (χ0v) is 11.4. The van der Waals surface area contributed by atoms with E-state index in [9.17, 15) is 4.79 Å². The summed E-state index contributed by atoms with van der Waals surface area (Å²) in [4.78, 5) is 13.7. The minimum Gasteiger partial charge on any atom is -0.381 e. The molecule has 1 amide bonds. The van der Waals surface area contributed by atoms with Crippen LogP contribution in [0.25, 0.3) is 0 Å². The number of rotatable bonds is 4. The lowest BCUT2D eigenvalue weighted by atomic mass is 9.83. The summed E-state index contributed by atoms with van der Waals surface area (Å²) in [6.07, 6.45) is 0. The van der Waals surface area contributed by atoms with Crippen molar-refractivity contribution in [1.82, 2.24) is 4.90 Å². The summed E-state index contributed by atoms with van der Waals surface area (Å²) in [6.45, 7) is 11.1.